The van der Waals surface area contributed by atoms with E-state index in [1.54, 1.807) is 0 Å². The van der Waals surface area contributed by atoms with Gasteiger partial charge in [-0.2, -0.15) is 0 Å². The van der Waals surface area contributed by atoms with Gasteiger partial charge in [0.15, 0.2) is 0 Å². The molecule has 6 aromatic rings. The zero-order valence-corrected chi connectivity index (χ0v) is 36.2. The summed E-state index contributed by atoms with van der Waals surface area (Å²) in [6.07, 6.45) is 16.2. The molecular weight excluding hydrogens is 791 g/mol. The molecule has 8 rings (SSSR count). The van der Waals surface area contributed by atoms with Gasteiger partial charge in [-0.1, -0.05) is 0 Å². The smallest absolute Gasteiger partial charge is 1.00 e. The number of aryl methyl sites for hydroxylation is 4. The number of hydrogen-bond acceptors (Lipinski definition) is 2. The molecule has 276 valence electrons. The summed E-state index contributed by atoms with van der Waals surface area (Å²) in [5, 5.41) is 0. The van der Waals surface area contributed by atoms with E-state index in [0.29, 0.717) is 7.25 Å². The number of halogens is 2. The average Bonchev–Trinajstić information content (AvgIpc) is 3.76. The van der Waals surface area contributed by atoms with Gasteiger partial charge >= 0.3 is 330 Å². The molecule has 2 aliphatic carbocycles. The van der Waals surface area contributed by atoms with Crippen LogP contribution in [-0.2, 0) is 36.1 Å². The van der Waals surface area contributed by atoms with Crippen LogP contribution in [-0.4, -0.2) is 9.97 Å². The van der Waals surface area contributed by atoms with E-state index in [-0.39, 0.29) is 24.8 Å². The van der Waals surface area contributed by atoms with Crippen molar-refractivity contribution in [1.29, 1.82) is 0 Å². The van der Waals surface area contributed by atoms with Crippen molar-refractivity contribution in [3.63, 3.8) is 0 Å². The molecule has 0 fully saturated rings. The molecule has 5 heteroatoms. The van der Waals surface area contributed by atoms with Gasteiger partial charge in [-0.25, -0.2) is 0 Å². The Hall–Kier alpha value is -3.88. The quantitative estimate of drug-likeness (QED) is 0.132. The Morgan fingerprint density at radius 2 is 0.927 bits per heavy atom. The van der Waals surface area contributed by atoms with Crippen LogP contribution < -0.4 is 24.8 Å². The molecule has 2 aliphatic rings. The largest absolute Gasteiger partial charge is 1.00 e. The van der Waals surface area contributed by atoms with Crippen molar-refractivity contribution in [3.8, 4) is 22.3 Å². The zero-order valence-electron chi connectivity index (χ0n) is 32.2. The van der Waals surface area contributed by atoms with Crippen LogP contribution in [0.2, 0.25) is 0 Å². The molecule has 55 heavy (non-hydrogen) atoms. The standard InChI is InChI=1S/2C25H24N.2ClH.Zr/c2*1-3-4-6-19-10-12-20(13-11-19)23-8-5-7-21-15-22(16-24(21)23)25-14-9-18(2)17-26-25;;;/h2*5,7-17H,3-4,6H2,1-2H3;2*1H;/q;;;;+2/p-2. The Morgan fingerprint density at radius 1 is 0.509 bits per heavy atom. The van der Waals surface area contributed by atoms with Gasteiger partial charge in [0.1, 0.15) is 0 Å². The molecule has 0 radical (unpaired) electrons. The second-order valence-electron chi connectivity index (χ2n) is 14.9. The van der Waals surface area contributed by atoms with Crippen molar-refractivity contribution >= 4 is 23.3 Å². The number of unbranched alkanes of at least 4 members (excludes halogenated alkanes) is 2. The van der Waals surface area contributed by atoms with Gasteiger partial charge in [0, 0.05) is 0 Å². The van der Waals surface area contributed by atoms with E-state index >= 15 is 0 Å². The van der Waals surface area contributed by atoms with E-state index in [4.69, 9.17) is 9.97 Å². The van der Waals surface area contributed by atoms with Gasteiger partial charge < -0.3 is 24.8 Å². The normalized spacial score (nSPS) is 15.2. The number of rotatable bonds is 12. The second-order valence-corrected chi connectivity index (χ2v) is 18.5. The molecule has 0 spiro atoms. The first-order valence-corrected chi connectivity index (χ1v) is 22.3. The van der Waals surface area contributed by atoms with Crippen LogP contribution in [0.5, 0.6) is 0 Å². The molecule has 0 saturated heterocycles. The summed E-state index contributed by atoms with van der Waals surface area (Å²) in [5.41, 5.74) is 21.1. The zero-order chi connectivity index (χ0) is 36.3. The maximum atomic E-state index is 5.05. The van der Waals surface area contributed by atoms with E-state index in [9.17, 15) is 0 Å². The van der Waals surface area contributed by atoms with E-state index in [0.717, 1.165) is 24.2 Å². The van der Waals surface area contributed by atoms with Gasteiger partial charge in [-0.05, 0) is 0 Å². The molecule has 4 aromatic carbocycles. The summed E-state index contributed by atoms with van der Waals surface area (Å²) < 4.78 is 0.692. The fraction of sp³-hybridized carbons (Fsp3) is 0.240. The van der Waals surface area contributed by atoms with E-state index in [1.165, 1.54) is 104 Å². The number of allylic oxidation sites excluding steroid dienone is 2. The minimum Gasteiger partial charge on any atom is -1.00 e. The summed E-state index contributed by atoms with van der Waals surface area (Å²) in [7, 11) is 0. The molecule has 2 atom stereocenters. The first-order valence-electron chi connectivity index (χ1n) is 19.5. The molecule has 2 nitrogen and oxygen atoms in total. The Balaban J connectivity index is 0.00000257. The molecule has 0 N–H and O–H groups in total. The van der Waals surface area contributed by atoms with Crippen molar-refractivity contribution in [3.05, 3.63) is 177 Å². The van der Waals surface area contributed by atoms with Crippen molar-refractivity contribution in [2.24, 2.45) is 0 Å². The third-order valence-corrected chi connectivity index (χ3v) is 15.7. The first kappa shape index (κ1) is 40.8. The monoisotopic (exact) mass is 836 g/mol. The fourth-order valence-corrected chi connectivity index (χ4v) is 13.0. The topological polar surface area (TPSA) is 25.8 Å². The van der Waals surface area contributed by atoms with Crippen LogP contribution in [0.15, 0.2) is 122 Å². The van der Waals surface area contributed by atoms with Crippen LogP contribution in [0.4, 0.5) is 0 Å². The molecule has 2 aromatic heterocycles. The number of aromatic nitrogens is 2. The number of nitrogens with zero attached hydrogens (tertiary/aromatic N) is 2. The van der Waals surface area contributed by atoms with Gasteiger partial charge in [-0.15, -0.1) is 0 Å². The number of benzene rings is 4. The summed E-state index contributed by atoms with van der Waals surface area (Å²) in [5.74, 6) is 0. The molecule has 0 amide bonds. The van der Waals surface area contributed by atoms with E-state index < -0.39 is 23.2 Å². The maximum Gasteiger partial charge on any atom is -1.00 e. The van der Waals surface area contributed by atoms with Crippen molar-refractivity contribution < 1.29 is 48.0 Å². The Morgan fingerprint density at radius 3 is 1.29 bits per heavy atom. The van der Waals surface area contributed by atoms with Crippen LogP contribution >= 0.6 is 0 Å². The van der Waals surface area contributed by atoms with E-state index in [1.807, 2.05) is 12.4 Å². The van der Waals surface area contributed by atoms with E-state index in [2.05, 4.69) is 149 Å². The summed E-state index contributed by atoms with van der Waals surface area (Å²) >= 11 is -1.30. The predicted octanol–water partition coefficient (Wildman–Crippen LogP) is 7.09. The second kappa shape index (κ2) is 18.4. The summed E-state index contributed by atoms with van der Waals surface area (Å²) in [4.78, 5) is 10.1. The van der Waals surface area contributed by atoms with Crippen LogP contribution in [0.25, 0.3) is 45.6 Å². The first-order chi connectivity index (χ1) is 26.0. The van der Waals surface area contributed by atoms with Crippen molar-refractivity contribution in [2.45, 2.75) is 73.5 Å². The maximum absolute atomic E-state index is 5.05. The van der Waals surface area contributed by atoms with Crippen molar-refractivity contribution in [2.75, 3.05) is 0 Å². The molecular formula is C50H48Cl2N2Zr. The minimum absolute atomic E-state index is 0. The molecule has 2 heterocycles. The average molecular weight is 839 g/mol. The van der Waals surface area contributed by atoms with Crippen LogP contribution in [0.1, 0.15) is 103 Å². The van der Waals surface area contributed by atoms with Crippen molar-refractivity contribution in [1.82, 2.24) is 9.97 Å². The van der Waals surface area contributed by atoms with Crippen LogP contribution in [0, 0.1) is 13.8 Å². The molecule has 0 bridgehead atoms. The SMILES string of the molecule is CCCCc1ccc(-c2cccc3c2C=C(c2ccc(C)cn2)[CH]3[Zr+2][CH]2C(c3ccc(C)cn3)=Cc3c(-c4ccc(CCCC)cc4)cccc32)cc1.[Cl-].[Cl-]. The molecule has 0 aliphatic heterocycles. The predicted molar refractivity (Wildman–Crippen MR) is 220 cm³/mol. The minimum atomic E-state index is -1.30. The Labute approximate surface area is 352 Å². The van der Waals surface area contributed by atoms with Crippen LogP contribution in [0.3, 0.4) is 0 Å². The van der Waals surface area contributed by atoms with Gasteiger partial charge in [0.2, 0.25) is 0 Å². The van der Waals surface area contributed by atoms with Gasteiger partial charge in [0.25, 0.3) is 0 Å². The Kier molecular flexibility index (Phi) is 13.6. The number of pyridine rings is 2. The third kappa shape index (κ3) is 8.61. The molecule has 2 unspecified atom stereocenters. The summed E-state index contributed by atoms with van der Waals surface area (Å²) in [6, 6.07) is 41.6. The summed E-state index contributed by atoms with van der Waals surface area (Å²) in [6.45, 7) is 8.78. The third-order valence-electron chi connectivity index (χ3n) is 11.0. The number of fused-ring (bicyclic) bond motifs is 2. The fourth-order valence-electron chi connectivity index (χ4n) is 8.02. The Bertz CT molecular complexity index is 2130. The number of hydrogen-bond donors (Lipinski definition) is 0. The van der Waals surface area contributed by atoms with Gasteiger partial charge in [0.05, 0.1) is 0 Å². The van der Waals surface area contributed by atoms with Gasteiger partial charge in [-0.3, -0.25) is 0 Å². The molecule has 0 saturated carbocycles.